The molecule has 0 spiro atoms. The molecular weight excluding hydrogens is 151 g/mol. The Morgan fingerprint density at radius 1 is 1.43 bits per heavy atom. The summed E-state index contributed by atoms with van der Waals surface area (Å²) in [4.78, 5) is 0. The quantitative estimate of drug-likeness (QED) is 0.470. The second kappa shape index (κ2) is 2.54. The van der Waals surface area contributed by atoms with Crippen molar-refractivity contribution in [2.45, 2.75) is 25.7 Å². The maximum atomic E-state index is 2.63. The first-order valence-electron chi connectivity index (χ1n) is 2.77. The van der Waals surface area contributed by atoms with Gasteiger partial charge in [-0.1, -0.05) is 0 Å². The van der Waals surface area contributed by atoms with Crippen molar-refractivity contribution in [1.82, 2.24) is 0 Å². The van der Waals surface area contributed by atoms with Crippen molar-refractivity contribution in [1.29, 1.82) is 0 Å². The Balaban J connectivity index is 2.40. The van der Waals surface area contributed by atoms with Crippen LogP contribution < -0.4 is 0 Å². The molecule has 0 aromatic heterocycles. The van der Waals surface area contributed by atoms with Crippen LogP contribution in [-0.4, -0.2) is 16.0 Å². The minimum atomic E-state index is 1.31. The van der Waals surface area contributed by atoms with Gasteiger partial charge in [-0.3, -0.25) is 0 Å². The molecule has 1 aliphatic rings. The summed E-state index contributed by atoms with van der Waals surface area (Å²) in [5.41, 5.74) is 0. The van der Waals surface area contributed by atoms with Crippen LogP contribution in [0.15, 0.2) is 10.5 Å². The summed E-state index contributed by atoms with van der Waals surface area (Å²) in [6.45, 7) is 0. The summed E-state index contributed by atoms with van der Waals surface area (Å²) < 4.78 is 1.53. The van der Waals surface area contributed by atoms with Crippen molar-refractivity contribution in [2.75, 3.05) is 0 Å². The summed E-state index contributed by atoms with van der Waals surface area (Å²) >= 11 is 2.63. The molecule has 0 bridgehead atoms. The van der Waals surface area contributed by atoms with Gasteiger partial charge in [-0.25, -0.2) is 0 Å². The second-order valence-electron chi connectivity index (χ2n) is 1.94. The summed E-state index contributed by atoms with van der Waals surface area (Å²) in [5.74, 6) is 0. The molecule has 40 valence electrons. The molecule has 0 aliphatic heterocycles. The molecule has 0 aromatic rings. The van der Waals surface area contributed by atoms with Crippen LogP contribution in [0, 0.1) is 0 Å². The third-order valence-electron chi connectivity index (χ3n) is 1.27. The fourth-order valence-electron chi connectivity index (χ4n) is 0.821. The first-order chi connectivity index (χ1) is 3.39. The van der Waals surface area contributed by atoms with Gasteiger partial charge in [-0.05, 0) is 0 Å². The Kier molecular flexibility index (Phi) is 1.96. The minimum absolute atomic E-state index is 1.31. The fraction of sp³-hybridized carbons (Fsp3) is 0.667. The van der Waals surface area contributed by atoms with E-state index < -0.39 is 0 Å². The average molecular weight is 161 g/mol. The molecule has 1 heteroatoms. The topological polar surface area (TPSA) is 0 Å². The van der Waals surface area contributed by atoms with Gasteiger partial charge in [-0.15, -0.1) is 0 Å². The van der Waals surface area contributed by atoms with Crippen molar-refractivity contribution in [3.05, 3.63) is 10.5 Å². The predicted octanol–water partition coefficient (Wildman–Crippen LogP) is 1.35. The molecule has 0 unspecified atom stereocenters. The van der Waals surface area contributed by atoms with Crippen LogP contribution in [0.4, 0.5) is 0 Å². The normalized spacial score (nSPS) is 21.6. The molecule has 7 heavy (non-hydrogen) atoms. The van der Waals surface area contributed by atoms with Crippen LogP contribution >= 0.6 is 0 Å². The molecule has 0 radical (unpaired) electrons. The van der Waals surface area contributed by atoms with Gasteiger partial charge in [0.1, 0.15) is 0 Å². The van der Waals surface area contributed by atoms with Gasteiger partial charge in [0.15, 0.2) is 0 Å². The SMILES string of the molecule is [SeH]C1=CCCCC1. The summed E-state index contributed by atoms with van der Waals surface area (Å²) in [5, 5.41) is 0. The van der Waals surface area contributed by atoms with Crippen molar-refractivity contribution < 1.29 is 0 Å². The Hall–Kier alpha value is 0.259. The van der Waals surface area contributed by atoms with Crippen LogP contribution in [0.25, 0.3) is 0 Å². The maximum absolute atomic E-state index is 2.63. The van der Waals surface area contributed by atoms with Crippen LogP contribution in [0.3, 0.4) is 0 Å². The molecule has 0 heterocycles. The Morgan fingerprint density at radius 2 is 2.29 bits per heavy atom. The Bertz CT molecular complexity index is 84.2. The van der Waals surface area contributed by atoms with E-state index >= 15 is 0 Å². The predicted molar refractivity (Wildman–Crippen MR) is 33.7 cm³/mol. The number of allylic oxidation sites excluding steroid dienone is 2. The number of hydrogen-bond donors (Lipinski definition) is 0. The van der Waals surface area contributed by atoms with E-state index in [4.69, 9.17) is 0 Å². The molecule has 0 saturated heterocycles. The first kappa shape index (κ1) is 5.40. The second-order valence-corrected chi connectivity index (χ2v) is 3.15. The van der Waals surface area contributed by atoms with Crippen LogP contribution in [0.5, 0.6) is 0 Å². The van der Waals surface area contributed by atoms with E-state index in [1.54, 1.807) is 0 Å². The molecule has 0 fully saturated rings. The van der Waals surface area contributed by atoms with Crippen LogP contribution in [0.1, 0.15) is 25.7 Å². The van der Waals surface area contributed by atoms with Crippen molar-refractivity contribution in [3.63, 3.8) is 0 Å². The molecule has 1 rings (SSSR count). The van der Waals surface area contributed by atoms with Crippen molar-refractivity contribution in [3.8, 4) is 0 Å². The van der Waals surface area contributed by atoms with Crippen LogP contribution in [-0.2, 0) is 0 Å². The van der Waals surface area contributed by atoms with Gasteiger partial charge < -0.3 is 0 Å². The molecule has 0 saturated carbocycles. The van der Waals surface area contributed by atoms with Gasteiger partial charge in [0.2, 0.25) is 0 Å². The van der Waals surface area contributed by atoms with Gasteiger partial charge in [-0.2, -0.15) is 0 Å². The number of rotatable bonds is 0. The summed E-state index contributed by atoms with van der Waals surface area (Å²) in [6.07, 6.45) is 7.76. The zero-order chi connectivity index (χ0) is 5.11. The van der Waals surface area contributed by atoms with E-state index in [2.05, 4.69) is 22.1 Å². The first-order valence-corrected chi connectivity index (χ1v) is 3.71. The van der Waals surface area contributed by atoms with Crippen molar-refractivity contribution >= 4 is 16.0 Å². The third kappa shape index (κ3) is 1.66. The standard InChI is InChI=1S/C6H10Se/c7-6-4-2-1-3-5-6/h4,7H,1-3,5H2. The molecule has 0 nitrogen and oxygen atoms in total. The molecule has 0 N–H and O–H groups in total. The van der Waals surface area contributed by atoms with Gasteiger partial charge in [0, 0.05) is 0 Å². The Labute approximate surface area is 52.8 Å². The van der Waals surface area contributed by atoms with E-state index in [1.165, 1.54) is 30.2 Å². The van der Waals surface area contributed by atoms with E-state index in [9.17, 15) is 0 Å². The fourth-order valence-corrected chi connectivity index (χ4v) is 1.42. The van der Waals surface area contributed by atoms with E-state index in [0.29, 0.717) is 0 Å². The molecule has 0 aromatic carbocycles. The van der Waals surface area contributed by atoms with E-state index in [0.717, 1.165) is 0 Å². The monoisotopic (exact) mass is 162 g/mol. The van der Waals surface area contributed by atoms with Crippen LogP contribution in [0.2, 0.25) is 0 Å². The molecular formula is C6H10Se. The van der Waals surface area contributed by atoms with Gasteiger partial charge in [0.05, 0.1) is 0 Å². The zero-order valence-electron chi connectivity index (χ0n) is 4.35. The zero-order valence-corrected chi connectivity index (χ0v) is 6.23. The van der Waals surface area contributed by atoms with Gasteiger partial charge in [0.25, 0.3) is 0 Å². The summed E-state index contributed by atoms with van der Waals surface area (Å²) in [7, 11) is 0. The molecule has 0 amide bonds. The Morgan fingerprint density at radius 3 is 2.57 bits per heavy atom. The van der Waals surface area contributed by atoms with E-state index in [1.807, 2.05) is 0 Å². The molecule has 0 atom stereocenters. The number of hydrogen-bond acceptors (Lipinski definition) is 0. The third-order valence-corrected chi connectivity index (χ3v) is 2.12. The van der Waals surface area contributed by atoms with E-state index in [-0.39, 0.29) is 0 Å². The van der Waals surface area contributed by atoms with Gasteiger partial charge >= 0.3 is 52.2 Å². The average Bonchev–Trinajstić information content (AvgIpc) is 1.69. The summed E-state index contributed by atoms with van der Waals surface area (Å²) in [6, 6.07) is 0. The molecule has 1 aliphatic carbocycles. The van der Waals surface area contributed by atoms with Crippen molar-refractivity contribution in [2.24, 2.45) is 0 Å².